The van der Waals surface area contributed by atoms with Crippen molar-refractivity contribution in [1.29, 1.82) is 0 Å². The molecule has 1 aliphatic rings. The number of aromatic nitrogens is 3. The Morgan fingerprint density at radius 2 is 2.16 bits per heavy atom. The average molecular weight is 334 g/mol. The molecule has 0 saturated carbocycles. The zero-order valence-corrected chi connectivity index (χ0v) is 14.4. The van der Waals surface area contributed by atoms with Gasteiger partial charge in [-0.05, 0) is 43.5 Å². The van der Waals surface area contributed by atoms with Crippen molar-refractivity contribution in [2.75, 3.05) is 6.54 Å². The van der Waals surface area contributed by atoms with Gasteiger partial charge in [0.05, 0.1) is 17.3 Å². The van der Waals surface area contributed by atoms with Crippen LogP contribution in [0.25, 0.3) is 10.9 Å². The Morgan fingerprint density at radius 3 is 3.00 bits per heavy atom. The number of para-hydroxylation sites is 1. The lowest BCUT2D eigenvalue weighted by molar-refractivity contribution is -0.132. The molecule has 1 aromatic carbocycles. The van der Waals surface area contributed by atoms with Crippen LogP contribution in [-0.4, -0.2) is 32.1 Å². The summed E-state index contributed by atoms with van der Waals surface area (Å²) in [7, 11) is 0. The Hall–Kier alpha value is -2.69. The summed E-state index contributed by atoms with van der Waals surface area (Å²) in [5.41, 5.74) is 3.12. The molecule has 3 heterocycles. The Morgan fingerprint density at radius 1 is 1.28 bits per heavy atom. The molecule has 0 spiro atoms. The molecule has 2 aromatic heterocycles. The third-order valence-electron chi connectivity index (χ3n) is 4.90. The van der Waals surface area contributed by atoms with Crippen LogP contribution in [0.4, 0.5) is 0 Å². The molecular weight excluding hydrogens is 312 g/mol. The van der Waals surface area contributed by atoms with Gasteiger partial charge in [0.2, 0.25) is 5.91 Å². The van der Waals surface area contributed by atoms with E-state index in [-0.39, 0.29) is 11.9 Å². The number of likely N-dealkylation sites (tertiary alicyclic amines) is 1. The number of hydrogen-bond acceptors (Lipinski definition) is 3. The number of rotatable bonds is 4. The number of hydrogen-bond donors (Lipinski definition) is 0. The largest absolute Gasteiger partial charge is 0.336 e. The maximum atomic E-state index is 12.7. The van der Waals surface area contributed by atoms with Gasteiger partial charge in [-0.25, -0.2) is 0 Å². The maximum absolute atomic E-state index is 12.7. The monoisotopic (exact) mass is 334 g/mol. The van der Waals surface area contributed by atoms with Gasteiger partial charge in [-0.3, -0.25) is 14.5 Å². The van der Waals surface area contributed by atoms with E-state index in [1.165, 1.54) is 0 Å². The van der Waals surface area contributed by atoms with Crippen molar-refractivity contribution in [2.24, 2.45) is 0 Å². The minimum atomic E-state index is 0.143. The second-order valence-corrected chi connectivity index (χ2v) is 6.68. The third kappa shape index (κ3) is 3.27. The highest BCUT2D eigenvalue weighted by atomic mass is 16.2. The molecule has 1 fully saturated rings. The van der Waals surface area contributed by atoms with Crippen LogP contribution < -0.4 is 0 Å². The molecule has 25 heavy (non-hydrogen) atoms. The van der Waals surface area contributed by atoms with Gasteiger partial charge in [-0.2, -0.15) is 5.10 Å². The first-order chi connectivity index (χ1) is 12.2. The first-order valence-electron chi connectivity index (χ1n) is 8.85. The van der Waals surface area contributed by atoms with Gasteiger partial charge in [0.15, 0.2) is 0 Å². The van der Waals surface area contributed by atoms with Crippen LogP contribution in [-0.2, 0) is 11.3 Å². The first kappa shape index (κ1) is 15.8. The molecule has 3 aromatic rings. The molecule has 1 unspecified atom stereocenters. The zero-order valence-electron chi connectivity index (χ0n) is 14.4. The number of benzene rings is 1. The highest BCUT2D eigenvalue weighted by Gasteiger charge is 2.30. The molecular formula is C20H22N4O. The smallest absolute Gasteiger partial charge is 0.224 e. The van der Waals surface area contributed by atoms with Crippen LogP contribution in [0.3, 0.4) is 0 Å². The lowest BCUT2D eigenvalue weighted by Crippen LogP contribution is -2.31. The van der Waals surface area contributed by atoms with Crippen molar-refractivity contribution in [1.82, 2.24) is 19.7 Å². The highest BCUT2D eigenvalue weighted by molar-refractivity contribution is 5.80. The van der Waals surface area contributed by atoms with Gasteiger partial charge in [0.1, 0.15) is 0 Å². The summed E-state index contributed by atoms with van der Waals surface area (Å²) >= 11 is 0. The summed E-state index contributed by atoms with van der Waals surface area (Å²) in [6.45, 7) is 3.42. The van der Waals surface area contributed by atoms with Gasteiger partial charge >= 0.3 is 0 Å². The third-order valence-corrected chi connectivity index (χ3v) is 4.90. The number of amides is 1. The summed E-state index contributed by atoms with van der Waals surface area (Å²) < 4.78 is 1.84. The maximum Gasteiger partial charge on any atom is 0.224 e. The molecule has 1 saturated heterocycles. The lowest BCUT2D eigenvalue weighted by atomic mass is 10.0. The number of fused-ring (bicyclic) bond motifs is 1. The predicted molar refractivity (Wildman–Crippen MR) is 97.0 cm³/mol. The number of carbonyl (C=O) groups excluding carboxylic acids is 1. The van der Waals surface area contributed by atoms with Crippen LogP contribution in [0.15, 0.2) is 48.8 Å². The van der Waals surface area contributed by atoms with Crippen molar-refractivity contribution in [2.45, 2.75) is 38.8 Å². The van der Waals surface area contributed by atoms with Gasteiger partial charge in [-0.15, -0.1) is 0 Å². The van der Waals surface area contributed by atoms with E-state index >= 15 is 0 Å². The van der Waals surface area contributed by atoms with Gasteiger partial charge in [0.25, 0.3) is 0 Å². The van der Waals surface area contributed by atoms with Crippen molar-refractivity contribution in [3.05, 3.63) is 60.0 Å². The second-order valence-electron chi connectivity index (χ2n) is 6.68. The molecule has 5 nitrogen and oxygen atoms in total. The predicted octanol–water partition coefficient (Wildman–Crippen LogP) is 3.49. The minimum Gasteiger partial charge on any atom is -0.336 e. The first-order valence-corrected chi connectivity index (χ1v) is 8.85. The molecule has 1 aliphatic heterocycles. The van der Waals surface area contributed by atoms with Crippen LogP contribution >= 0.6 is 0 Å². The topological polar surface area (TPSA) is 51.0 Å². The SMILES string of the molecule is Cc1ccn(CCC(=O)N2CCCC2c2cnc3ccccc3c2)n1. The van der Waals surface area contributed by atoms with Crippen LogP contribution in [0.5, 0.6) is 0 Å². The Labute approximate surface area is 147 Å². The molecule has 5 heteroatoms. The van der Waals surface area contributed by atoms with E-state index in [1.54, 1.807) is 0 Å². The molecule has 0 radical (unpaired) electrons. The standard InChI is InChI=1S/C20H22N4O/c1-15-8-11-23(22-15)12-9-20(25)24-10-4-7-19(24)17-13-16-5-2-3-6-18(16)21-14-17/h2-3,5-6,8,11,13-14,19H,4,7,9-10,12H2,1H3. The molecule has 0 bridgehead atoms. The number of carbonyl (C=O) groups is 1. The summed E-state index contributed by atoms with van der Waals surface area (Å²) in [5.74, 6) is 0.198. The molecule has 0 aliphatic carbocycles. The number of nitrogens with zero attached hydrogens (tertiary/aromatic N) is 4. The lowest BCUT2D eigenvalue weighted by Gasteiger charge is -2.25. The Bertz CT molecular complexity index is 901. The molecule has 1 atom stereocenters. The minimum absolute atomic E-state index is 0.143. The summed E-state index contributed by atoms with van der Waals surface area (Å²) in [6.07, 6.45) is 6.39. The fourth-order valence-corrected chi connectivity index (χ4v) is 3.62. The average Bonchev–Trinajstić information content (AvgIpc) is 3.28. The van der Waals surface area contributed by atoms with Crippen molar-refractivity contribution >= 4 is 16.8 Å². The van der Waals surface area contributed by atoms with E-state index in [2.05, 4.69) is 22.2 Å². The second kappa shape index (κ2) is 6.67. The van der Waals surface area contributed by atoms with Crippen molar-refractivity contribution in [3.8, 4) is 0 Å². The normalized spacial score (nSPS) is 17.3. The highest BCUT2D eigenvalue weighted by Crippen LogP contribution is 2.33. The van der Waals surface area contributed by atoms with Crippen LogP contribution in [0.1, 0.15) is 36.6 Å². The fourth-order valence-electron chi connectivity index (χ4n) is 3.62. The molecule has 0 N–H and O–H groups in total. The summed E-state index contributed by atoms with van der Waals surface area (Å²) in [4.78, 5) is 19.3. The Kier molecular flexibility index (Phi) is 4.22. The Balaban J connectivity index is 1.49. The van der Waals surface area contributed by atoms with E-state index in [0.717, 1.165) is 41.5 Å². The number of aryl methyl sites for hydroxylation is 2. The van der Waals surface area contributed by atoms with E-state index in [9.17, 15) is 4.79 Å². The zero-order chi connectivity index (χ0) is 17.2. The molecule has 4 rings (SSSR count). The van der Waals surface area contributed by atoms with E-state index in [0.29, 0.717) is 13.0 Å². The van der Waals surface area contributed by atoms with Gasteiger partial charge in [0, 0.05) is 37.3 Å². The fraction of sp³-hybridized carbons (Fsp3) is 0.350. The summed E-state index contributed by atoms with van der Waals surface area (Å²) in [5, 5.41) is 5.49. The van der Waals surface area contributed by atoms with Crippen molar-refractivity contribution < 1.29 is 4.79 Å². The van der Waals surface area contributed by atoms with E-state index in [1.807, 2.05) is 53.2 Å². The van der Waals surface area contributed by atoms with Gasteiger partial charge < -0.3 is 4.90 Å². The van der Waals surface area contributed by atoms with E-state index in [4.69, 9.17) is 0 Å². The quantitative estimate of drug-likeness (QED) is 0.734. The molecule has 128 valence electrons. The summed E-state index contributed by atoms with van der Waals surface area (Å²) in [6, 6.07) is 12.4. The number of pyridine rings is 1. The molecule has 1 amide bonds. The van der Waals surface area contributed by atoms with Crippen LogP contribution in [0.2, 0.25) is 0 Å². The van der Waals surface area contributed by atoms with Crippen LogP contribution in [0, 0.1) is 6.92 Å². The van der Waals surface area contributed by atoms with Gasteiger partial charge in [-0.1, -0.05) is 18.2 Å². The van der Waals surface area contributed by atoms with E-state index < -0.39 is 0 Å². The van der Waals surface area contributed by atoms with Crippen molar-refractivity contribution in [3.63, 3.8) is 0 Å².